The van der Waals surface area contributed by atoms with Gasteiger partial charge in [-0.05, 0) is 59.8 Å². The molecule has 0 unspecified atom stereocenters. The molecule has 0 aliphatic rings. The normalized spacial score (nSPS) is 10.3. The lowest BCUT2D eigenvalue weighted by molar-refractivity contribution is 0.102. The number of nitrogens with two attached hydrogens (primary N) is 1. The Bertz CT molecular complexity index is 626. The molecule has 1 aromatic heterocycles. The largest absolute Gasteiger partial charge is 0.384 e. The van der Waals surface area contributed by atoms with E-state index in [0.717, 1.165) is 0 Å². The highest BCUT2D eigenvalue weighted by atomic mass is 127. The second-order valence-corrected chi connectivity index (χ2v) is 5.16. The lowest BCUT2D eigenvalue weighted by Crippen LogP contribution is -2.14. The SMILES string of the molecule is Cc1cc(C(=O)Nc2ccc(F)cc2I)cc(N)n1. The Kier molecular flexibility index (Phi) is 3.98. The number of anilines is 2. The molecule has 1 amide bonds. The average Bonchev–Trinajstić information content (AvgIpc) is 2.31. The third-order valence-corrected chi connectivity index (χ3v) is 3.31. The van der Waals surface area contributed by atoms with Crippen LogP contribution in [-0.4, -0.2) is 10.9 Å². The zero-order valence-electron chi connectivity index (χ0n) is 10.1. The molecule has 0 saturated carbocycles. The molecular formula is C13H11FIN3O. The van der Waals surface area contributed by atoms with Crippen LogP contribution < -0.4 is 11.1 Å². The molecule has 0 aliphatic heterocycles. The summed E-state index contributed by atoms with van der Waals surface area (Å²) in [5.41, 5.74) is 7.24. The van der Waals surface area contributed by atoms with Crippen LogP contribution in [0, 0.1) is 16.3 Å². The number of halogens is 2. The second kappa shape index (κ2) is 5.52. The van der Waals surface area contributed by atoms with E-state index in [1.54, 1.807) is 13.0 Å². The molecule has 0 saturated heterocycles. The van der Waals surface area contributed by atoms with E-state index in [-0.39, 0.29) is 11.7 Å². The zero-order chi connectivity index (χ0) is 14.0. The fourth-order valence-electron chi connectivity index (χ4n) is 1.61. The number of hydrogen-bond donors (Lipinski definition) is 2. The van der Waals surface area contributed by atoms with E-state index < -0.39 is 0 Å². The first-order chi connectivity index (χ1) is 8.95. The van der Waals surface area contributed by atoms with Gasteiger partial charge < -0.3 is 11.1 Å². The monoisotopic (exact) mass is 371 g/mol. The fraction of sp³-hybridized carbons (Fsp3) is 0.0769. The first-order valence-corrected chi connectivity index (χ1v) is 6.54. The summed E-state index contributed by atoms with van der Waals surface area (Å²) in [5, 5.41) is 2.71. The Morgan fingerprint density at radius 2 is 2.11 bits per heavy atom. The Hall–Kier alpha value is -1.70. The van der Waals surface area contributed by atoms with Crippen molar-refractivity contribution in [2.45, 2.75) is 6.92 Å². The molecule has 0 fully saturated rings. The number of pyridine rings is 1. The number of nitrogen functional groups attached to an aromatic ring is 1. The average molecular weight is 371 g/mol. The predicted octanol–water partition coefficient (Wildman–Crippen LogP) is 2.97. The Morgan fingerprint density at radius 1 is 1.37 bits per heavy atom. The minimum absolute atomic E-state index is 0.291. The number of nitrogens with zero attached hydrogens (tertiary/aromatic N) is 1. The van der Waals surface area contributed by atoms with Crippen molar-refractivity contribution >= 4 is 40.0 Å². The van der Waals surface area contributed by atoms with E-state index in [0.29, 0.717) is 26.3 Å². The van der Waals surface area contributed by atoms with Crippen LogP contribution >= 0.6 is 22.6 Å². The molecule has 4 nitrogen and oxygen atoms in total. The Morgan fingerprint density at radius 3 is 2.74 bits per heavy atom. The maximum absolute atomic E-state index is 13.0. The Labute approximate surface area is 123 Å². The molecule has 19 heavy (non-hydrogen) atoms. The van der Waals surface area contributed by atoms with Crippen LogP contribution in [-0.2, 0) is 0 Å². The third-order valence-electron chi connectivity index (χ3n) is 2.41. The molecular weight excluding hydrogens is 360 g/mol. The van der Waals surface area contributed by atoms with Crippen LogP contribution in [0.5, 0.6) is 0 Å². The van der Waals surface area contributed by atoms with E-state index in [1.807, 2.05) is 22.6 Å². The molecule has 0 aliphatic carbocycles. The Balaban J connectivity index is 2.25. The maximum Gasteiger partial charge on any atom is 0.255 e. The van der Waals surface area contributed by atoms with Gasteiger partial charge in [0.25, 0.3) is 5.91 Å². The highest BCUT2D eigenvalue weighted by molar-refractivity contribution is 14.1. The van der Waals surface area contributed by atoms with Crippen molar-refractivity contribution in [3.05, 3.63) is 51.0 Å². The number of carbonyl (C=O) groups is 1. The summed E-state index contributed by atoms with van der Waals surface area (Å²) in [4.78, 5) is 16.1. The van der Waals surface area contributed by atoms with Gasteiger partial charge in [0.05, 0.1) is 5.69 Å². The molecule has 0 atom stereocenters. The second-order valence-electron chi connectivity index (χ2n) is 4.00. The standard InChI is InChI=1S/C13H11FIN3O/c1-7-4-8(5-12(16)17-7)13(19)18-11-3-2-9(14)6-10(11)15/h2-6H,1H3,(H2,16,17)(H,18,19). The number of benzene rings is 1. The number of hydrogen-bond acceptors (Lipinski definition) is 3. The van der Waals surface area contributed by atoms with Crippen LogP contribution in [0.2, 0.25) is 0 Å². The summed E-state index contributed by atoms with van der Waals surface area (Å²) in [6.07, 6.45) is 0. The topological polar surface area (TPSA) is 68.0 Å². The van der Waals surface area contributed by atoms with Crippen LogP contribution in [0.1, 0.15) is 16.1 Å². The highest BCUT2D eigenvalue weighted by Crippen LogP contribution is 2.20. The molecule has 6 heteroatoms. The summed E-state index contributed by atoms with van der Waals surface area (Å²) in [6.45, 7) is 1.76. The van der Waals surface area contributed by atoms with Crippen molar-refractivity contribution in [3.63, 3.8) is 0 Å². The van der Waals surface area contributed by atoms with Gasteiger partial charge in [0.1, 0.15) is 11.6 Å². The minimum Gasteiger partial charge on any atom is -0.384 e. The van der Waals surface area contributed by atoms with E-state index in [1.165, 1.54) is 24.3 Å². The van der Waals surface area contributed by atoms with E-state index in [4.69, 9.17) is 5.73 Å². The third kappa shape index (κ3) is 3.40. The van der Waals surface area contributed by atoms with Crippen molar-refractivity contribution in [2.75, 3.05) is 11.1 Å². The summed E-state index contributed by atoms with van der Waals surface area (Å²) >= 11 is 1.96. The lowest BCUT2D eigenvalue weighted by Gasteiger charge is -2.08. The number of nitrogens with one attached hydrogen (secondary N) is 1. The smallest absolute Gasteiger partial charge is 0.255 e. The molecule has 2 aromatic rings. The molecule has 3 N–H and O–H groups in total. The van der Waals surface area contributed by atoms with Crippen molar-refractivity contribution in [1.29, 1.82) is 0 Å². The quantitative estimate of drug-likeness (QED) is 0.798. The van der Waals surface area contributed by atoms with E-state index in [2.05, 4.69) is 10.3 Å². The highest BCUT2D eigenvalue weighted by Gasteiger charge is 2.10. The minimum atomic E-state index is -0.341. The van der Waals surface area contributed by atoms with Gasteiger partial charge in [-0.2, -0.15) is 0 Å². The van der Waals surface area contributed by atoms with Crippen molar-refractivity contribution < 1.29 is 9.18 Å². The zero-order valence-corrected chi connectivity index (χ0v) is 12.2. The van der Waals surface area contributed by atoms with Crippen LogP contribution in [0.25, 0.3) is 0 Å². The van der Waals surface area contributed by atoms with Crippen LogP contribution in [0.3, 0.4) is 0 Å². The predicted molar refractivity (Wildman–Crippen MR) is 80.5 cm³/mol. The van der Waals surface area contributed by atoms with Crippen LogP contribution in [0.15, 0.2) is 30.3 Å². The molecule has 0 radical (unpaired) electrons. The van der Waals surface area contributed by atoms with Gasteiger partial charge in [0.2, 0.25) is 0 Å². The molecule has 2 rings (SSSR count). The fourth-order valence-corrected chi connectivity index (χ4v) is 2.22. The first-order valence-electron chi connectivity index (χ1n) is 5.46. The van der Waals surface area contributed by atoms with Crippen molar-refractivity contribution in [2.24, 2.45) is 0 Å². The summed E-state index contributed by atoms with van der Waals surface area (Å²) in [7, 11) is 0. The number of aromatic nitrogens is 1. The van der Waals surface area contributed by atoms with Crippen LogP contribution in [0.4, 0.5) is 15.9 Å². The maximum atomic E-state index is 13.0. The van der Waals surface area contributed by atoms with E-state index in [9.17, 15) is 9.18 Å². The van der Waals surface area contributed by atoms with Gasteiger partial charge in [-0.25, -0.2) is 9.37 Å². The number of carbonyl (C=O) groups excluding carboxylic acids is 1. The summed E-state index contributed by atoms with van der Waals surface area (Å²) in [6, 6.07) is 7.31. The summed E-state index contributed by atoms with van der Waals surface area (Å²) in [5.74, 6) is -0.355. The van der Waals surface area contributed by atoms with Crippen molar-refractivity contribution in [3.8, 4) is 0 Å². The van der Waals surface area contributed by atoms with Gasteiger partial charge in [-0.1, -0.05) is 0 Å². The van der Waals surface area contributed by atoms with Gasteiger partial charge in [-0.3, -0.25) is 4.79 Å². The molecule has 0 spiro atoms. The molecule has 98 valence electrons. The number of aryl methyl sites for hydroxylation is 1. The molecule has 0 bridgehead atoms. The van der Waals surface area contributed by atoms with Gasteiger partial charge >= 0.3 is 0 Å². The first kappa shape index (κ1) is 13.7. The van der Waals surface area contributed by atoms with Crippen molar-refractivity contribution in [1.82, 2.24) is 4.98 Å². The molecule has 1 aromatic carbocycles. The number of rotatable bonds is 2. The van der Waals surface area contributed by atoms with Gasteiger partial charge in [0, 0.05) is 14.8 Å². The van der Waals surface area contributed by atoms with E-state index >= 15 is 0 Å². The van der Waals surface area contributed by atoms with Gasteiger partial charge in [0.15, 0.2) is 0 Å². The van der Waals surface area contributed by atoms with Gasteiger partial charge in [-0.15, -0.1) is 0 Å². The number of amides is 1. The lowest BCUT2D eigenvalue weighted by atomic mass is 10.2. The molecule has 1 heterocycles. The summed E-state index contributed by atoms with van der Waals surface area (Å²) < 4.78 is 13.6.